The number of carbonyl (C=O) groups is 1. The molecule has 1 fully saturated rings. The van der Waals surface area contributed by atoms with Crippen LogP contribution in [0, 0.1) is 6.92 Å². The van der Waals surface area contributed by atoms with E-state index < -0.39 is 10.0 Å². The highest BCUT2D eigenvalue weighted by Crippen LogP contribution is 2.31. The van der Waals surface area contributed by atoms with Gasteiger partial charge >= 0.3 is 0 Å². The number of thioether (sulfide) groups is 1. The minimum Gasteiger partial charge on any atom is -0.339 e. The number of rotatable bonds is 6. The smallest absolute Gasteiger partial charge is 0.261 e. The lowest BCUT2D eigenvalue weighted by Crippen LogP contribution is -2.36. The molecule has 2 aromatic rings. The number of para-hydroxylation sites is 1. The molecule has 162 valence electrons. The van der Waals surface area contributed by atoms with Gasteiger partial charge in [0.15, 0.2) is 0 Å². The van der Waals surface area contributed by atoms with E-state index in [0.717, 1.165) is 48.4 Å². The number of likely N-dealkylation sites (tertiary alicyclic amines) is 1. The Bertz CT molecular complexity index is 1030. The third kappa shape index (κ3) is 4.83. The molecule has 0 saturated carbocycles. The summed E-state index contributed by atoms with van der Waals surface area (Å²) in [6, 6.07) is 10.6. The van der Waals surface area contributed by atoms with Gasteiger partial charge in [-0.2, -0.15) is 0 Å². The van der Waals surface area contributed by atoms with Gasteiger partial charge in [0, 0.05) is 18.0 Å². The van der Waals surface area contributed by atoms with Crippen LogP contribution in [0.4, 0.5) is 5.69 Å². The molecule has 5 nitrogen and oxygen atoms in total. The van der Waals surface area contributed by atoms with E-state index in [4.69, 9.17) is 0 Å². The summed E-state index contributed by atoms with van der Waals surface area (Å²) in [6.07, 6.45) is 5.01. The Kier molecular flexibility index (Phi) is 7.14. The predicted molar refractivity (Wildman–Crippen MR) is 124 cm³/mol. The van der Waals surface area contributed by atoms with E-state index in [1.807, 2.05) is 50.1 Å². The molecule has 0 unspecified atom stereocenters. The van der Waals surface area contributed by atoms with Crippen LogP contribution >= 0.6 is 11.8 Å². The van der Waals surface area contributed by atoms with E-state index in [9.17, 15) is 13.2 Å². The first-order valence-electron chi connectivity index (χ1n) is 10.3. The fourth-order valence-electron chi connectivity index (χ4n) is 3.79. The zero-order chi connectivity index (χ0) is 21.9. The van der Waals surface area contributed by atoms with E-state index in [0.29, 0.717) is 11.3 Å². The Balaban J connectivity index is 1.98. The third-order valence-corrected chi connectivity index (χ3v) is 7.66. The summed E-state index contributed by atoms with van der Waals surface area (Å²) in [5.41, 5.74) is 2.89. The molecular weight excluding hydrogens is 416 g/mol. The molecule has 7 heteroatoms. The maximum absolute atomic E-state index is 13.2. The number of sulfonamides is 1. The van der Waals surface area contributed by atoms with Gasteiger partial charge in [-0.25, -0.2) is 8.42 Å². The molecule has 1 heterocycles. The van der Waals surface area contributed by atoms with E-state index in [2.05, 4.69) is 4.72 Å². The second-order valence-corrected chi connectivity index (χ2v) is 10.5. The van der Waals surface area contributed by atoms with Crippen molar-refractivity contribution in [2.45, 2.75) is 55.7 Å². The monoisotopic (exact) mass is 446 g/mol. The van der Waals surface area contributed by atoms with Crippen molar-refractivity contribution >= 4 is 33.4 Å². The normalized spacial score (nSPS) is 14.8. The molecule has 0 spiro atoms. The highest BCUT2D eigenvalue weighted by Gasteiger charge is 2.25. The van der Waals surface area contributed by atoms with E-state index in [1.54, 1.807) is 12.1 Å². The van der Waals surface area contributed by atoms with Crippen molar-refractivity contribution in [3.63, 3.8) is 0 Å². The van der Waals surface area contributed by atoms with Gasteiger partial charge in [-0.1, -0.05) is 32.0 Å². The van der Waals surface area contributed by atoms with Crippen LogP contribution in [0.3, 0.4) is 0 Å². The standard InChI is InChI=1S/C23H30N2O3S2/c1-16(2)19-10-8-9-17(3)22(19)24-30(27,28)18-11-12-21(29-4)20(15-18)23(26)25-13-6-5-7-14-25/h8-12,15-16,24H,5-7,13-14H2,1-4H3. The average Bonchev–Trinajstić information content (AvgIpc) is 2.74. The molecule has 0 atom stereocenters. The molecule has 1 saturated heterocycles. The second kappa shape index (κ2) is 9.43. The number of piperidine rings is 1. The number of nitrogens with one attached hydrogen (secondary N) is 1. The lowest BCUT2D eigenvalue weighted by molar-refractivity contribution is 0.0720. The number of carbonyl (C=O) groups excluding carboxylic acids is 1. The van der Waals surface area contributed by atoms with Crippen LogP contribution in [-0.2, 0) is 10.0 Å². The summed E-state index contributed by atoms with van der Waals surface area (Å²) in [4.78, 5) is 15.9. The summed E-state index contributed by atoms with van der Waals surface area (Å²) < 4.78 is 29.2. The zero-order valence-electron chi connectivity index (χ0n) is 18.1. The number of benzene rings is 2. The molecule has 1 aliphatic rings. The highest BCUT2D eigenvalue weighted by atomic mass is 32.2. The van der Waals surface area contributed by atoms with Crippen molar-refractivity contribution in [2.24, 2.45) is 0 Å². The number of nitrogens with zero attached hydrogens (tertiary/aromatic N) is 1. The number of hydrogen-bond acceptors (Lipinski definition) is 4. The lowest BCUT2D eigenvalue weighted by atomic mass is 9.99. The van der Waals surface area contributed by atoms with Crippen molar-refractivity contribution < 1.29 is 13.2 Å². The van der Waals surface area contributed by atoms with Crippen molar-refractivity contribution in [3.05, 3.63) is 53.1 Å². The van der Waals surface area contributed by atoms with Crippen LogP contribution < -0.4 is 4.72 Å². The topological polar surface area (TPSA) is 66.5 Å². The Morgan fingerprint density at radius 1 is 1.10 bits per heavy atom. The molecule has 0 radical (unpaired) electrons. The zero-order valence-corrected chi connectivity index (χ0v) is 19.7. The summed E-state index contributed by atoms with van der Waals surface area (Å²) >= 11 is 1.46. The lowest BCUT2D eigenvalue weighted by Gasteiger charge is -2.27. The minimum atomic E-state index is -3.83. The SMILES string of the molecule is CSc1ccc(S(=O)(=O)Nc2c(C)cccc2C(C)C)cc1C(=O)N1CCCCC1. The number of aryl methyl sites for hydroxylation is 1. The molecule has 1 N–H and O–H groups in total. The fourth-order valence-corrected chi connectivity index (χ4v) is 5.55. The number of anilines is 1. The van der Waals surface area contributed by atoms with E-state index in [1.165, 1.54) is 17.8 Å². The average molecular weight is 447 g/mol. The van der Waals surface area contributed by atoms with Crippen molar-refractivity contribution in [2.75, 3.05) is 24.1 Å². The van der Waals surface area contributed by atoms with E-state index >= 15 is 0 Å². The molecule has 3 rings (SSSR count). The quantitative estimate of drug-likeness (QED) is 0.614. The van der Waals surface area contributed by atoms with Gasteiger partial charge in [0.1, 0.15) is 0 Å². The van der Waals surface area contributed by atoms with Crippen molar-refractivity contribution in [1.29, 1.82) is 0 Å². The Morgan fingerprint density at radius 2 is 1.80 bits per heavy atom. The molecule has 2 aromatic carbocycles. The van der Waals surface area contributed by atoms with Gasteiger partial charge < -0.3 is 4.90 Å². The van der Waals surface area contributed by atoms with Gasteiger partial charge in [0.25, 0.3) is 15.9 Å². The van der Waals surface area contributed by atoms with Crippen molar-refractivity contribution in [3.8, 4) is 0 Å². The third-order valence-electron chi connectivity index (χ3n) is 5.52. The maximum Gasteiger partial charge on any atom is 0.261 e. The molecule has 0 aliphatic carbocycles. The van der Waals surface area contributed by atoms with Crippen molar-refractivity contribution in [1.82, 2.24) is 4.90 Å². The Hall–Kier alpha value is -1.99. The molecule has 0 aromatic heterocycles. The summed E-state index contributed by atoms with van der Waals surface area (Å²) in [5, 5.41) is 0. The molecule has 1 aliphatic heterocycles. The summed E-state index contributed by atoms with van der Waals surface area (Å²) in [7, 11) is -3.83. The Morgan fingerprint density at radius 3 is 2.43 bits per heavy atom. The molecular formula is C23H30N2O3S2. The summed E-state index contributed by atoms with van der Waals surface area (Å²) in [6.45, 7) is 7.42. The first kappa shape index (κ1) is 22.7. The number of amides is 1. The molecule has 1 amide bonds. The van der Waals surface area contributed by atoms with Crippen LogP contribution in [0.25, 0.3) is 0 Å². The van der Waals surface area contributed by atoms with Gasteiger partial charge in [-0.3, -0.25) is 9.52 Å². The van der Waals surface area contributed by atoms with Gasteiger partial charge in [0.2, 0.25) is 0 Å². The van der Waals surface area contributed by atoms with Gasteiger partial charge in [0.05, 0.1) is 16.1 Å². The van der Waals surface area contributed by atoms with Gasteiger partial charge in [-0.15, -0.1) is 11.8 Å². The first-order valence-corrected chi connectivity index (χ1v) is 13.0. The second-order valence-electron chi connectivity index (χ2n) is 8.01. The maximum atomic E-state index is 13.2. The Labute approximate surface area is 184 Å². The van der Waals surface area contributed by atoms with Crippen LogP contribution in [0.2, 0.25) is 0 Å². The van der Waals surface area contributed by atoms with Crippen LogP contribution in [-0.4, -0.2) is 38.6 Å². The minimum absolute atomic E-state index is 0.0881. The van der Waals surface area contributed by atoms with Crippen LogP contribution in [0.15, 0.2) is 46.2 Å². The predicted octanol–water partition coefficient (Wildman–Crippen LogP) is 5.27. The first-order chi connectivity index (χ1) is 14.2. The number of hydrogen-bond donors (Lipinski definition) is 1. The van der Waals surface area contributed by atoms with E-state index in [-0.39, 0.29) is 16.7 Å². The fraction of sp³-hybridized carbons (Fsp3) is 0.435. The van der Waals surface area contributed by atoms with Crippen LogP contribution in [0.1, 0.15) is 60.5 Å². The van der Waals surface area contributed by atoms with Gasteiger partial charge in [-0.05, 0) is 67.7 Å². The highest BCUT2D eigenvalue weighted by molar-refractivity contribution is 7.98. The summed E-state index contributed by atoms with van der Waals surface area (Å²) in [5.74, 6) is 0.0903. The largest absolute Gasteiger partial charge is 0.339 e. The molecule has 0 bridgehead atoms. The van der Waals surface area contributed by atoms with Crippen LogP contribution in [0.5, 0.6) is 0 Å². The molecule has 30 heavy (non-hydrogen) atoms.